The van der Waals surface area contributed by atoms with E-state index in [1.54, 1.807) is 35.1 Å². The highest BCUT2D eigenvalue weighted by molar-refractivity contribution is 5.90. The van der Waals surface area contributed by atoms with E-state index in [0.717, 1.165) is 19.6 Å². The second-order valence-corrected chi connectivity index (χ2v) is 6.06. The minimum atomic E-state index is -0.484. The molecule has 7 nitrogen and oxygen atoms in total. The molecule has 0 unspecified atom stereocenters. The second-order valence-electron chi connectivity index (χ2n) is 6.06. The zero-order chi connectivity index (χ0) is 17.6. The third-order valence-corrected chi connectivity index (χ3v) is 4.40. The standard InChI is InChI=1S/C18H23N3O4/c1-24-18(23)15-7-6-14(16-5-4-12-25-16)21(15)13-17(22)19-8-11-20-9-2-3-10-20/h4-7,12H,2-3,8-11,13H2,1H3,(H,19,22). The van der Waals surface area contributed by atoms with Gasteiger partial charge in [-0.25, -0.2) is 4.79 Å². The molecule has 1 N–H and O–H groups in total. The first kappa shape index (κ1) is 17.3. The van der Waals surface area contributed by atoms with Crippen LogP contribution in [0.4, 0.5) is 0 Å². The first-order valence-electron chi connectivity index (χ1n) is 8.50. The van der Waals surface area contributed by atoms with Gasteiger partial charge in [0, 0.05) is 13.1 Å². The van der Waals surface area contributed by atoms with E-state index >= 15 is 0 Å². The fourth-order valence-corrected chi connectivity index (χ4v) is 3.12. The first-order chi connectivity index (χ1) is 12.2. The van der Waals surface area contributed by atoms with E-state index in [2.05, 4.69) is 10.2 Å². The summed E-state index contributed by atoms with van der Waals surface area (Å²) in [5.41, 5.74) is 0.990. The van der Waals surface area contributed by atoms with Crippen LogP contribution in [-0.2, 0) is 16.1 Å². The van der Waals surface area contributed by atoms with Gasteiger partial charge in [-0.1, -0.05) is 0 Å². The summed E-state index contributed by atoms with van der Waals surface area (Å²) < 4.78 is 11.8. The van der Waals surface area contributed by atoms with Gasteiger partial charge in [-0.05, 0) is 50.2 Å². The van der Waals surface area contributed by atoms with Crippen LogP contribution in [0.5, 0.6) is 0 Å². The van der Waals surface area contributed by atoms with E-state index in [1.165, 1.54) is 20.0 Å². The number of carbonyl (C=O) groups is 2. The van der Waals surface area contributed by atoms with Gasteiger partial charge in [0.1, 0.15) is 18.0 Å². The maximum Gasteiger partial charge on any atom is 0.354 e. The van der Waals surface area contributed by atoms with Crippen molar-refractivity contribution in [1.82, 2.24) is 14.8 Å². The smallest absolute Gasteiger partial charge is 0.354 e. The predicted molar refractivity (Wildman–Crippen MR) is 92.2 cm³/mol. The average Bonchev–Trinajstić information content (AvgIpc) is 3.35. The topological polar surface area (TPSA) is 76.7 Å². The Kier molecular flexibility index (Phi) is 5.55. The fourth-order valence-electron chi connectivity index (χ4n) is 3.12. The van der Waals surface area contributed by atoms with Gasteiger partial charge >= 0.3 is 5.97 Å². The molecule has 1 fully saturated rings. The molecule has 1 amide bonds. The third-order valence-electron chi connectivity index (χ3n) is 4.40. The highest BCUT2D eigenvalue weighted by atomic mass is 16.5. The zero-order valence-electron chi connectivity index (χ0n) is 14.4. The summed E-state index contributed by atoms with van der Waals surface area (Å²) in [6.45, 7) is 3.69. The van der Waals surface area contributed by atoms with Crippen LogP contribution >= 0.6 is 0 Å². The number of rotatable bonds is 7. The highest BCUT2D eigenvalue weighted by Gasteiger charge is 2.20. The zero-order valence-corrected chi connectivity index (χ0v) is 14.4. The van der Waals surface area contributed by atoms with Crippen molar-refractivity contribution in [3.8, 4) is 11.5 Å². The molecule has 1 saturated heterocycles. The number of methoxy groups -OCH3 is 1. The normalized spacial score (nSPS) is 14.6. The number of esters is 1. The molecule has 2 aromatic rings. The molecule has 3 rings (SSSR count). The van der Waals surface area contributed by atoms with Crippen LogP contribution in [0.3, 0.4) is 0 Å². The Morgan fingerprint density at radius 1 is 1.24 bits per heavy atom. The van der Waals surface area contributed by atoms with Gasteiger partial charge in [-0.2, -0.15) is 0 Å². The van der Waals surface area contributed by atoms with Crippen LogP contribution < -0.4 is 5.32 Å². The first-order valence-corrected chi connectivity index (χ1v) is 8.50. The minimum absolute atomic E-state index is 0.0352. The van der Waals surface area contributed by atoms with Crippen LogP contribution in [0, 0.1) is 0 Å². The number of likely N-dealkylation sites (tertiary alicyclic amines) is 1. The van der Waals surface area contributed by atoms with Crippen LogP contribution in [-0.4, -0.2) is 54.6 Å². The van der Waals surface area contributed by atoms with Crippen molar-refractivity contribution in [1.29, 1.82) is 0 Å². The van der Waals surface area contributed by atoms with E-state index in [-0.39, 0.29) is 12.5 Å². The molecule has 1 aliphatic heterocycles. The van der Waals surface area contributed by atoms with Crippen molar-refractivity contribution in [3.63, 3.8) is 0 Å². The van der Waals surface area contributed by atoms with E-state index in [9.17, 15) is 9.59 Å². The Morgan fingerprint density at radius 3 is 2.72 bits per heavy atom. The van der Waals surface area contributed by atoms with Crippen LogP contribution in [0.1, 0.15) is 23.3 Å². The number of ether oxygens (including phenoxy) is 1. The lowest BCUT2D eigenvalue weighted by molar-refractivity contribution is -0.121. The molecule has 0 spiro atoms. The Labute approximate surface area is 146 Å². The summed E-state index contributed by atoms with van der Waals surface area (Å²) in [4.78, 5) is 26.6. The SMILES string of the molecule is COC(=O)c1ccc(-c2ccco2)n1CC(=O)NCCN1CCCC1. The number of hydrogen-bond donors (Lipinski definition) is 1. The summed E-state index contributed by atoms with van der Waals surface area (Å²) in [5, 5.41) is 2.92. The maximum absolute atomic E-state index is 12.3. The Balaban J connectivity index is 1.67. The lowest BCUT2D eigenvalue weighted by Crippen LogP contribution is -2.35. The summed E-state index contributed by atoms with van der Waals surface area (Å²) >= 11 is 0. The molecule has 7 heteroatoms. The molecule has 2 aromatic heterocycles. The largest absolute Gasteiger partial charge is 0.464 e. The molecule has 0 bridgehead atoms. The van der Waals surface area contributed by atoms with Gasteiger partial charge in [0.05, 0.1) is 19.1 Å². The van der Waals surface area contributed by atoms with Gasteiger partial charge in [-0.15, -0.1) is 0 Å². The molecule has 134 valence electrons. The van der Waals surface area contributed by atoms with Crippen molar-refractivity contribution in [2.45, 2.75) is 19.4 Å². The van der Waals surface area contributed by atoms with E-state index in [1.807, 2.05) is 0 Å². The van der Waals surface area contributed by atoms with Crippen LogP contribution in [0.15, 0.2) is 34.9 Å². The summed E-state index contributed by atoms with van der Waals surface area (Å²) in [5.74, 6) is -0.0314. The number of aromatic nitrogens is 1. The molecule has 0 radical (unpaired) electrons. The van der Waals surface area contributed by atoms with Crippen molar-refractivity contribution < 1.29 is 18.7 Å². The van der Waals surface area contributed by atoms with Crippen molar-refractivity contribution in [3.05, 3.63) is 36.2 Å². The summed E-state index contributed by atoms with van der Waals surface area (Å²) in [6, 6.07) is 6.95. The highest BCUT2D eigenvalue weighted by Crippen LogP contribution is 2.23. The van der Waals surface area contributed by atoms with Gasteiger partial charge in [0.15, 0.2) is 0 Å². The van der Waals surface area contributed by atoms with Gasteiger partial charge < -0.3 is 23.9 Å². The van der Waals surface area contributed by atoms with Gasteiger partial charge in [-0.3, -0.25) is 4.79 Å². The molecule has 0 aromatic carbocycles. The van der Waals surface area contributed by atoms with Crippen molar-refractivity contribution >= 4 is 11.9 Å². The number of nitrogens with zero attached hydrogens (tertiary/aromatic N) is 2. The minimum Gasteiger partial charge on any atom is -0.464 e. The number of furan rings is 1. The number of amides is 1. The second kappa shape index (κ2) is 8.02. The van der Waals surface area contributed by atoms with E-state index < -0.39 is 5.97 Å². The van der Waals surface area contributed by atoms with Crippen molar-refractivity contribution in [2.24, 2.45) is 0 Å². The molecular formula is C18H23N3O4. The fraction of sp³-hybridized carbons (Fsp3) is 0.444. The molecule has 0 saturated carbocycles. The molecule has 1 aliphatic rings. The monoisotopic (exact) mass is 345 g/mol. The van der Waals surface area contributed by atoms with E-state index in [0.29, 0.717) is 23.7 Å². The average molecular weight is 345 g/mol. The molecule has 0 atom stereocenters. The van der Waals surface area contributed by atoms with Gasteiger partial charge in [0.25, 0.3) is 0 Å². The molecule has 3 heterocycles. The van der Waals surface area contributed by atoms with Crippen LogP contribution in [0.25, 0.3) is 11.5 Å². The summed E-state index contributed by atoms with van der Waals surface area (Å²) in [6.07, 6.45) is 4.01. The maximum atomic E-state index is 12.3. The van der Waals surface area contributed by atoms with Crippen LogP contribution in [0.2, 0.25) is 0 Å². The number of nitrogens with one attached hydrogen (secondary N) is 1. The summed E-state index contributed by atoms with van der Waals surface area (Å²) in [7, 11) is 1.32. The van der Waals surface area contributed by atoms with Crippen molar-refractivity contribution in [2.75, 3.05) is 33.3 Å². The third kappa shape index (κ3) is 4.11. The Hall–Kier alpha value is -2.54. The van der Waals surface area contributed by atoms with E-state index in [4.69, 9.17) is 9.15 Å². The quantitative estimate of drug-likeness (QED) is 0.774. The molecular weight excluding hydrogens is 322 g/mol. The number of carbonyl (C=O) groups excluding carboxylic acids is 2. The predicted octanol–water partition coefficient (Wildman–Crippen LogP) is 1.75. The number of hydrogen-bond acceptors (Lipinski definition) is 5. The molecule has 0 aliphatic carbocycles. The Morgan fingerprint density at radius 2 is 2.04 bits per heavy atom. The lowest BCUT2D eigenvalue weighted by Gasteiger charge is -2.15. The Bertz CT molecular complexity index is 715. The lowest BCUT2D eigenvalue weighted by atomic mass is 10.3. The van der Waals surface area contributed by atoms with Gasteiger partial charge in [0.2, 0.25) is 5.91 Å². The molecule has 25 heavy (non-hydrogen) atoms.